The van der Waals surface area contributed by atoms with Crippen LogP contribution in [0.5, 0.6) is 0 Å². The van der Waals surface area contributed by atoms with Crippen LogP contribution in [0.2, 0.25) is 0 Å². The van der Waals surface area contributed by atoms with Gasteiger partial charge in [-0.2, -0.15) is 5.10 Å². The molecular formula is C18H27N5O3. The molecule has 1 unspecified atom stereocenters. The number of fused-ring (bicyclic) bond motifs is 1. The molecule has 2 aliphatic rings. The zero-order valence-corrected chi connectivity index (χ0v) is 15.9. The summed E-state index contributed by atoms with van der Waals surface area (Å²) in [5, 5.41) is 4.26. The highest BCUT2D eigenvalue weighted by Gasteiger charge is 2.42. The van der Waals surface area contributed by atoms with Gasteiger partial charge < -0.3 is 14.7 Å². The molecule has 8 nitrogen and oxygen atoms in total. The number of piperazine rings is 1. The first-order valence-electron chi connectivity index (χ1n) is 9.16. The summed E-state index contributed by atoms with van der Waals surface area (Å²) in [7, 11) is 1.80. The van der Waals surface area contributed by atoms with E-state index < -0.39 is 6.04 Å². The Morgan fingerprint density at radius 2 is 2.04 bits per heavy atom. The largest absolute Gasteiger partial charge is 0.335 e. The van der Waals surface area contributed by atoms with Crippen molar-refractivity contribution in [1.82, 2.24) is 24.5 Å². The molecule has 142 valence electrons. The number of hydrogen-bond acceptors (Lipinski definition) is 4. The summed E-state index contributed by atoms with van der Waals surface area (Å²) in [4.78, 5) is 43.3. The highest BCUT2D eigenvalue weighted by atomic mass is 16.2. The molecule has 2 aliphatic heterocycles. The molecule has 0 spiro atoms. The number of carbonyl (C=O) groups is 3. The molecule has 3 heterocycles. The second-order valence-corrected chi connectivity index (χ2v) is 7.61. The number of rotatable bonds is 3. The Morgan fingerprint density at radius 1 is 1.31 bits per heavy atom. The van der Waals surface area contributed by atoms with Crippen LogP contribution in [0.4, 0.5) is 0 Å². The number of amides is 3. The van der Waals surface area contributed by atoms with Gasteiger partial charge >= 0.3 is 0 Å². The van der Waals surface area contributed by atoms with Crippen LogP contribution in [-0.4, -0.2) is 81.0 Å². The molecule has 0 aliphatic carbocycles. The molecule has 26 heavy (non-hydrogen) atoms. The molecule has 0 aromatic carbocycles. The summed E-state index contributed by atoms with van der Waals surface area (Å²) >= 11 is 0. The zero-order chi connectivity index (χ0) is 19.0. The van der Waals surface area contributed by atoms with E-state index in [0.717, 1.165) is 5.69 Å². The minimum absolute atomic E-state index is 0.0294. The van der Waals surface area contributed by atoms with E-state index in [1.165, 1.54) is 0 Å². The van der Waals surface area contributed by atoms with Gasteiger partial charge in [0.05, 0.1) is 13.1 Å². The molecule has 2 fully saturated rings. The third-order valence-electron chi connectivity index (χ3n) is 5.05. The number of hydrogen-bond donors (Lipinski definition) is 0. The van der Waals surface area contributed by atoms with E-state index in [0.29, 0.717) is 37.7 Å². The van der Waals surface area contributed by atoms with Gasteiger partial charge in [0.25, 0.3) is 5.91 Å². The maximum atomic E-state index is 12.9. The maximum Gasteiger partial charge on any atom is 0.274 e. The molecule has 0 bridgehead atoms. The van der Waals surface area contributed by atoms with Crippen molar-refractivity contribution in [3.05, 3.63) is 17.5 Å². The summed E-state index contributed by atoms with van der Waals surface area (Å²) < 4.78 is 1.66. The van der Waals surface area contributed by atoms with Crippen LogP contribution in [-0.2, 0) is 16.6 Å². The van der Waals surface area contributed by atoms with Crippen molar-refractivity contribution in [2.24, 2.45) is 13.0 Å². The fourth-order valence-corrected chi connectivity index (χ4v) is 3.65. The number of carbonyl (C=O) groups excluding carboxylic acids is 3. The maximum absolute atomic E-state index is 12.9. The third-order valence-corrected chi connectivity index (χ3v) is 5.05. The summed E-state index contributed by atoms with van der Waals surface area (Å²) in [5.74, 6) is 0.0171. The van der Waals surface area contributed by atoms with Gasteiger partial charge in [0.2, 0.25) is 11.8 Å². The van der Waals surface area contributed by atoms with Crippen molar-refractivity contribution in [1.29, 1.82) is 0 Å². The van der Waals surface area contributed by atoms with Crippen LogP contribution in [0.15, 0.2) is 6.07 Å². The average Bonchev–Trinajstić information content (AvgIpc) is 2.79. The molecule has 0 N–H and O–H groups in total. The van der Waals surface area contributed by atoms with E-state index >= 15 is 0 Å². The summed E-state index contributed by atoms with van der Waals surface area (Å²) in [6.07, 6.45) is 0.664. The standard InChI is InChI=1S/C18H27N5O3/c1-12(2)9-22-11-16(24)23-7-5-6-21(10-15(23)18(22)26)17(25)14-8-13(3)20(4)19-14/h8,12,15H,5-7,9-11H2,1-4H3. The van der Waals surface area contributed by atoms with Gasteiger partial charge in [-0.25, -0.2) is 0 Å². The Bertz CT molecular complexity index is 707. The van der Waals surface area contributed by atoms with E-state index in [1.54, 1.807) is 32.5 Å². The lowest BCUT2D eigenvalue weighted by molar-refractivity contribution is -0.156. The van der Waals surface area contributed by atoms with Crippen molar-refractivity contribution < 1.29 is 14.4 Å². The highest BCUT2D eigenvalue weighted by molar-refractivity contribution is 5.97. The molecule has 1 aromatic rings. The van der Waals surface area contributed by atoms with Crippen molar-refractivity contribution in [3.63, 3.8) is 0 Å². The van der Waals surface area contributed by atoms with Gasteiger partial charge in [-0.05, 0) is 25.3 Å². The van der Waals surface area contributed by atoms with Crippen molar-refractivity contribution >= 4 is 17.7 Å². The first kappa shape index (κ1) is 18.4. The first-order valence-corrected chi connectivity index (χ1v) is 9.16. The van der Waals surface area contributed by atoms with Crippen LogP contribution in [0.3, 0.4) is 0 Å². The number of nitrogens with zero attached hydrogens (tertiary/aromatic N) is 5. The van der Waals surface area contributed by atoms with E-state index in [-0.39, 0.29) is 30.8 Å². The molecule has 0 saturated carbocycles. The Hall–Kier alpha value is -2.38. The Labute approximate surface area is 153 Å². The first-order chi connectivity index (χ1) is 12.3. The fraction of sp³-hybridized carbons (Fsp3) is 0.667. The van der Waals surface area contributed by atoms with Gasteiger partial charge in [-0.3, -0.25) is 19.1 Å². The van der Waals surface area contributed by atoms with E-state index in [2.05, 4.69) is 5.10 Å². The van der Waals surface area contributed by atoms with Gasteiger partial charge in [0.15, 0.2) is 5.69 Å². The normalized spacial score (nSPS) is 21.3. The van der Waals surface area contributed by atoms with E-state index in [9.17, 15) is 14.4 Å². The van der Waals surface area contributed by atoms with Gasteiger partial charge in [-0.1, -0.05) is 13.8 Å². The second-order valence-electron chi connectivity index (χ2n) is 7.61. The molecular weight excluding hydrogens is 334 g/mol. The lowest BCUT2D eigenvalue weighted by Gasteiger charge is -2.40. The van der Waals surface area contributed by atoms with Crippen LogP contribution in [0, 0.1) is 12.8 Å². The Balaban J connectivity index is 1.81. The molecule has 3 rings (SSSR count). The van der Waals surface area contributed by atoms with Crippen LogP contribution >= 0.6 is 0 Å². The van der Waals surface area contributed by atoms with Crippen LogP contribution in [0.25, 0.3) is 0 Å². The number of aromatic nitrogens is 2. The van der Waals surface area contributed by atoms with Crippen molar-refractivity contribution in [2.75, 3.05) is 32.7 Å². The molecule has 3 amide bonds. The second kappa shape index (κ2) is 7.09. The fourth-order valence-electron chi connectivity index (χ4n) is 3.65. The van der Waals surface area contributed by atoms with Crippen molar-refractivity contribution in [2.45, 2.75) is 33.2 Å². The van der Waals surface area contributed by atoms with E-state index in [1.807, 2.05) is 20.8 Å². The number of aryl methyl sites for hydroxylation is 2. The molecule has 1 aromatic heterocycles. The quantitative estimate of drug-likeness (QED) is 0.774. The minimum atomic E-state index is -0.591. The highest BCUT2D eigenvalue weighted by Crippen LogP contribution is 2.20. The van der Waals surface area contributed by atoms with Crippen LogP contribution < -0.4 is 0 Å². The van der Waals surface area contributed by atoms with Crippen LogP contribution in [0.1, 0.15) is 36.5 Å². The average molecular weight is 361 g/mol. The summed E-state index contributed by atoms with van der Waals surface area (Å²) in [6, 6.07) is 1.16. The molecule has 1 atom stereocenters. The molecule has 8 heteroatoms. The smallest absolute Gasteiger partial charge is 0.274 e. The summed E-state index contributed by atoms with van der Waals surface area (Å²) in [5.41, 5.74) is 1.28. The lowest BCUT2D eigenvalue weighted by atomic mass is 10.1. The zero-order valence-electron chi connectivity index (χ0n) is 15.9. The van der Waals surface area contributed by atoms with Gasteiger partial charge in [-0.15, -0.1) is 0 Å². The lowest BCUT2D eigenvalue weighted by Crippen LogP contribution is -2.62. The molecule has 0 radical (unpaired) electrons. The monoisotopic (exact) mass is 361 g/mol. The SMILES string of the molecule is Cc1cc(C(=O)N2CCCN3C(=O)CN(CC(C)C)C(=O)C3C2)nn1C. The van der Waals surface area contributed by atoms with Gasteiger partial charge in [0, 0.05) is 32.4 Å². The van der Waals surface area contributed by atoms with E-state index in [4.69, 9.17) is 0 Å². The Morgan fingerprint density at radius 3 is 2.65 bits per heavy atom. The van der Waals surface area contributed by atoms with Crippen molar-refractivity contribution in [3.8, 4) is 0 Å². The Kier molecular flexibility index (Phi) is 5.02. The summed E-state index contributed by atoms with van der Waals surface area (Å²) in [6.45, 7) is 7.90. The van der Waals surface area contributed by atoms with Gasteiger partial charge in [0.1, 0.15) is 6.04 Å². The predicted octanol–water partition coefficient (Wildman–Crippen LogP) is 0.270. The predicted molar refractivity (Wildman–Crippen MR) is 95.4 cm³/mol. The minimum Gasteiger partial charge on any atom is -0.335 e. The topological polar surface area (TPSA) is 78.8 Å². The molecule has 2 saturated heterocycles. The third kappa shape index (κ3) is 3.45.